The number of aromatic nitrogens is 2. The molecule has 2 aliphatic rings. The minimum absolute atomic E-state index is 0.00349. The van der Waals surface area contributed by atoms with Crippen molar-refractivity contribution in [3.63, 3.8) is 0 Å². The van der Waals surface area contributed by atoms with Gasteiger partial charge in [0.05, 0.1) is 11.1 Å². The van der Waals surface area contributed by atoms with Crippen molar-refractivity contribution < 1.29 is 9.53 Å². The number of benzene rings is 1. The van der Waals surface area contributed by atoms with Crippen molar-refractivity contribution in [2.24, 2.45) is 5.41 Å². The Labute approximate surface area is 178 Å². The monoisotopic (exact) mass is 409 g/mol. The first kappa shape index (κ1) is 20.6. The van der Waals surface area contributed by atoms with Gasteiger partial charge in [-0.25, -0.2) is 9.97 Å². The summed E-state index contributed by atoms with van der Waals surface area (Å²) in [5.74, 6) is 0.708. The van der Waals surface area contributed by atoms with Crippen molar-refractivity contribution in [3.8, 4) is 11.3 Å². The summed E-state index contributed by atoms with van der Waals surface area (Å²) < 4.78 is 5.68. The Morgan fingerprint density at radius 2 is 1.80 bits per heavy atom. The average Bonchev–Trinajstić information content (AvgIpc) is 3.02. The number of cyclic esters (lactones) is 1. The molecule has 1 aromatic carbocycles. The Morgan fingerprint density at radius 3 is 2.43 bits per heavy atom. The Bertz CT molecular complexity index is 889. The molecule has 1 atom stereocenters. The predicted molar refractivity (Wildman–Crippen MR) is 119 cm³/mol. The van der Waals surface area contributed by atoms with Gasteiger partial charge in [0, 0.05) is 57.6 Å². The van der Waals surface area contributed by atoms with Gasteiger partial charge in [0.2, 0.25) is 5.95 Å². The lowest BCUT2D eigenvalue weighted by atomic mass is 9.76. The number of anilines is 2. The highest BCUT2D eigenvalue weighted by atomic mass is 16.6. The zero-order valence-electron chi connectivity index (χ0n) is 18.3. The van der Waals surface area contributed by atoms with Gasteiger partial charge < -0.3 is 19.4 Å². The standard InChI is InChI=1S/C23H31N5O2/c1-26(2)16-19-15-23(21(29)30-19)10-13-28(14-11-23)22-24-12-9-20(25-22)17-5-7-18(8-6-17)27(3)4/h5-9,12,19H,10-11,13-16H2,1-4H3. The molecule has 1 unspecified atom stereocenters. The third kappa shape index (κ3) is 4.12. The van der Waals surface area contributed by atoms with Crippen molar-refractivity contribution in [2.45, 2.75) is 25.4 Å². The van der Waals surface area contributed by atoms with E-state index in [-0.39, 0.29) is 17.5 Å². The van der Waals surface area contributed by atoms with E-state index in [1.165, 1.54) is 0 Å². The largest absolute Gasteiger partial charge is 0.461 e. The predicted octanol–water partition coefficient (Wildman–Crippen LogP) is 2.67. The summed E-state index contributed by atoms with van der Waals surface area (Å²) in [7, 11) is 8.09. The highest BCUT2D eigenvalue weighted by molar-refractivity contribution is 5.79. The van der Waals surface area contributed by atoms with Gasteiger partial charge in [-0.1, -0.05) is 12.1 Å². The molecule has 0 bridgehead atoms. The summed E-state index contributed by atoms with van der Waals surface area (Å²) in [6.07, 6.45) is 4.22. The number of esters is 1. The van der Waals surface area contributed by atoms with Crippen LogP contribution in [-0.4, -0.2) is 74.8 Å². The number of hydrogen-bond acceptors (Lipinski definition) is 7. The average molecular weight is 410 g/mol. The van der Waals surface area contributed by atoms with Crippen LogP contribution in [0.4, 0.5) is 11.6 Å². The number of nitrogens with zero attached hydrogens (tertiary/aromatic N) is 5. The SMILES string of the molecule is CN(C)CC1CC2(CCN(c3nccc(-c4ccc(N(C)C)cc4)n3)CC2)C(=O)O1. The van der Waals surface area contributed by atoms with Gasteiger partial charge in [0.1, 0.15) is 6.10 Å². The number of carbonyl (C=O) groups is 1. The summed E-state index contributed by atoms with van der Waals surface area (Å²) in [5, 5.41) is 0. The lowest BCUT2D eigenvalue weighted by Crippen LogP contribution is -2.43. The third-order valence-electron chi connectivity index (χ3n) is 6.22. The molecule has 2 saturated heterocycles. The fraction of sp³-hybridized carbons (Fsp3) is 0.522. The zero-order chi connectivity index (χ0) is 21.3. The molecule has 0 amide bonds. The molecule has 2 fully saturated rings. The van der Waals surface area contributed by atoms with Gasteiger partial charge in [-0.3, -0.25) is 4.79 Å². The van der Waals surface area contributed by atoms with Crippen LogP contribution < -0.4 is 9.80 Å². The lowest BCUT2D eigenvalue weighted by molar-refractivity contribution is -0.150. The molecule has 0 aliphatic carbocycles. The number of likely N-dealkylation sites (N-methyl/N-ethyl adjacent to an activating group) is 1. The molecule has 160 valence electrons. The van der Waals surface area contributed by atoms with Gasteiger partial charge in [-0.2, -0.15) is 0 Å². The fourth-order valence-corrected chi connectivity index (χ4v) is 4.48. The van der Waals surface area contributed by atoms with Crippen LogP contribution in [0.1, 0.15) is 19.3 Å². The second-order valence-electron chi connectivity index (χ2n) is 8.94. The van der Waals surface area contributed by atoms with E-state index in [0.717, 1.165) is 61.8 Å². The third-order valence-corrected chi connectivity index (χ3v) is 6.22. The second kappa shape index (κ2) is 8.22. The van der Waals surface area contributed by atoms with Crippen LogP contribution in [0.25, 0.3) is 11.3 Å². The van der Waals surface area contributed by atoms with Crippen molar-refractivity contribution in [1.82, 2.24) is 14.9 Å². The molecule has 1 aromatic heterocycles. The van der Waals surface area contributed by atoms with Gasteiger partial charge >= 0.3 is 5.97 Å². The number of piperidine rings is 1. The maximum Gasteiger partial charge on any atom is 0.312 e. The van der Waals surface area contributed by atoms with E-state index in [4.69, 9.17) is 9.72 Å². The minimum atomic E-state index is -0.337. The summed E-state index contributed by atoms with van der Waals surface area (Å²) in [4.78, 5) is 28.3. The number of hydrogen-bond donors (Lipinski definition) is 0. The van der Waals surface area contributed by atoms with Crippen molar-refractivity contribution in [3.05, 3.63) is 36.5 Å². The Kier molecular flexibility index (Phi) is 5.64. The topological polar surface area (TPSA) is 61.8 Å². The summed E-state index contributed by atoms with van der Waals surface area (Å²) in [6.45, 7) is 2.33. The van der Waals surface area contributed by atoms with E-state index in [1.807, 2.05) is 40.5 Å². The van der Waals surface area contributed by atoms with Crippen molar-refractivity contribution >= 4 is 17.6 Å². The molecule has 30 heavy (non-hydrogen) atoms. The van der Waals surface area contributed by atoms with Crippen LogP contribution in [0, 0.1) is 5.41 Å². The maximum absolute atomic E-state index is 12.6. The first-order chi connectivity index (χ1) is 14.4. The van der Waals surface area contributed by atoms with Crippen LogP contribution in [0.2, 0.25) is 0 Å². The molecule has 1 spiro atoms. The first-order valence-corrected chi connectivity index (χ1v) is 10.6. The highest BCUT2D eigenvalue weighted by Crippen LogP contribution is 2.43. The molecular formula is C23H31N5O2. The normalized spacial score (nSPS) is 20.6. The fourth-order valence-electron chi connectivity index (χ4n) is 4.48. The van der Waals surface area contributed by atoms with Crippen LogP contribution in [0.15, 0.2) is 36.5 Å². The van der Waals surface area contributed by atoms with E-state index in [9.17, 15) is 4.79 Å². The summed E-state index contributed by atoms with van der Waals surface area (Å²) in [6, 6.07) is 10.3. The number of ether oxygens (including phenoxy) is 1. The molecule has 0 N–H and O–H groups in total. The molecule has 0 radical (unpaired) electrons. The highest BCUT2D eigenvalue weighted by Gasteiger charge is 2.50. The molecule has 7 nitrogen and oxygen atoms in total. The minimum Gasteiger partial charge on any atom is -0.461 e. The Morgan fingerprint density at radius 1 is 1.10 bits per heavy atom. The summed E-state index contributed by atoms with van der Waals surface area (Å²) in [5.41, 5.74) is 2.81. The van der Waals surface area contributed by atoms with E-state index in [1.54, 1.807) is 0 Å². The number of rotatable bonds is 5. The molecule has 2 aromatic rings. The molecule has 3 heterocycles. The van der Waals surface area contributed by atoms with Gasteiger partial charge in [-0.15, -0.1) is 0 Å². The van der Waals surface area contributed by atoms with Gasteiger partial charge in [0.15, 0.2) is 0 Å². The molecule has 7 heteroatoms. The van der Waals surface area contributed by atoms with E-state index in [2.05, 4.69) is 43.9 Å². The van der Waals surface area contributed by atoms with Crippen LogP contribution in [0.3, 0.4) is 0 Å². The van der Waals surface area contributed by atoms with Crippen molar-refractivity contribution in [1.29, 1.82) is 0 Å². The lowest BCUT2D eigenvalue weighted by Gasteiger charge is -2.36. The Balaban J connectivity index is 1.44. The first-order valence-electron chi connectivity index (χ1n) is 10.6. The van der Waals surface area contributed by atoms with Crippen LogP contribution >= 0.6 is 0 Å². The van der Waals surface area contributed by atoms with Crippen LogP contribution in [-0.2, 0) is 9.53 Å². The molecular weight excluding hydrogens is 378 g/mol. The Hall–Kier alpha value is -2.67. The smallest absolute Gasteiger partial charge is 0.312 e. The van der Waals surface area contributed by atoms with Gasteiger partial charge in [0.25, 0.3) is 0 Å². The maximum atomic E-state index is 12.6. The quantitative estimate of drug-likeness (QED) is 0.704. The van der Waals surface area contributed by atoms with E-state index in [0.29, 0.717) is 0 Å². The molecule has 2 aliphatic heterocycles. The zero-order valence-corrected chi connectivity index (χ0v) is 18.3. The van der Waals surface area contributed by atoms with E-state index >= 15 is 0 Å². The summed E-state index contributed by atoms with van der Waals surface area (Å²) >= 11 is 0. The van der Waals surface area contributed by atoms with E-state index < -0.39 is 0 Å². The molecule has 4 rings (SSSR count). The van der Waals surface area contributed by atoms with Gasteiger partial charge in [-0.05, 0) is 45.1 Å². The van der Waals surface area contributed by atoms with Crippen molar-refractivity contribution in [2.75, 3.05) is 57.6 Å². The second-order valence-corrected chi connectivity index (χ2v) is 8.94. The molecule has 0 saturated carbocycles. The van der Waals surface area contributed by atoms with Crippen LogP contribution in [0.5, 0.6) is 0 Å². The number of carbonyl (C=O) groups excluding carboxylic acids is 1.